The zero-order chi connectivity index (χ0) is 35.9. The average Bonchev–Trinajstić information content (AvgIpc) is 3.11. The van der Waals surface area contributed by atoms with E-state index in [0.29, 0.717) is 5.82 Å². The predicted octanol–water partition coefficient (Wildman–Crippen LogP) is 8.10. The maximum absolute atomic E-state index is 16.2. The van der Waals surface area contributed by atoms with Gasteiger partial charge in [-0.3, -0.25) is 0 Å². The second-order valence-corrected chi connectivity index (χ2v) is 14.4. The Hall–Kier alpha value is -4.72. The summed E-state index contributed by atoms with van der Waals surface area (Å²) < 4.78 is 229. The van der Waals surface area contributed by atoms with Gasteiger partial charge < -0.3 is 0 Å². The fourth-order valence-corrected chi connectivity index (χ4v) is 12.1. The minimum Gasteiger partial charge on any atom is -0.207 e. The van der Waals surface area contributed by atoms with Crippen LogP contribution < -0.4 is 21.5 Å². The third-order valence-corrected chi connectivity index (χ3v) is 13.6. The molecule has 17 heteroatoms. The zero-order valence-corrected chi connectivity index (χ0v) is 24.4. The molecule has 0 fully saturated rings. The molecule has 0 saturated carbocycles. The molecule has 0 amide bonds. The first-order chi connectivity index (χ1) is 23.1. The molecule has 0 nitrogen and oxygen atoms in total. The van der Waals surface area contributed by atoms with E-state index in [-0.39, 0.29) is 10.6 Å². The first-order valence-corrected chi connectivity index (χ1v) is 15.5. The lowest BCUT2D eigenvalue weighted by atomic mass is 9.31. The SMILES string of the molecule is Fc1c(F)c(F)c(C2=C[P+](c3ccccc3)(c3ccccc3)[B-]2(c2c(F)c(F)c(F)c(F)c2F)c2c(F)c(F)c(F)c(F)c2F)c(F)c1F. The summed E-state index contributed by atoms with van der Waals surface area (Å²) in [6, 6.07) is 11.4. The molecule has 5 aromatic carbocycles. The highest BCUT2D eigenvalue weighted by Gasteiger charge is 2.70. The summed E-state index contributed by atoms with van der Waals surface area (Å²) in [7, 11) is -4.82. The Morgan fingerprint density at radius 3 is 0.898 bits per heavy atom. The summed E-state index contributed by atoms with van der Waals surface area (Å²) >= 11 is 0. The lowest BCUT2D eigenvalue weighted by molar-refractivity contribution is 0.376. The van der Waals surface area contributed by atoms with Crippen molar-refractivity contribution in [3.05, 3.63) is 159 Å². The smallest absolute Gasteiger partial charge is 0.207 e. The molecule has 49 heavy (non-hydrogen) atoms. The molecule has 0 radical (unpaired) electrons. The second kappa shape index (κ2) is 11.7. The van der Waals surface area contributed by atoms with Crippen molar-refractivity contribution < 1.29 is 65.9 Å². The highest BCUT2D eigenvalue weighted by atomic mass is 31.2. The third-order valence-electron chi connectivity index (χ3n) is 8.59. The molecule has 0 unspecified atom stereocenters. The van der Waals surface area contributed by atoms with Crippen LogP contribution in [0.5, 0.6) is 0 Å². The monoisotopic (exact) mass is 722 g/mol. The molecule has 252 valence electrons. The van der Waals surface area contributed by atoms with Crippen LogP contribution >= 0.6 is 7.14 Å². The summed E-state index contributed by atoms with van der Waals surface area (Å²) in [5, 5.41) is -0.747. The lowest BCUT2D eigenvalue weighted by Gasteiger charge is -2.58. The van der Waals surface area contributed by atoms with Crippen LogP contribution in [-0.4, -0.2) is 5.87 Å². The topological polar surface area (TPSA) is 0 Å². The number of rotatable bonds is 5. The van der Waals surface area contributed by atoms with Gasteiger partial charge in [0.1, 0.15) is 23.3 Å². The number of benzene rings is 5. The van der Waals surface area contributed by atoms with Gasteiger partial charge in [0.15, 0.2) is 58.2 Å². The van der Waals surface area contributed by atoms with Crippen molar-refractivity contribution in [3.63, 3.8) is 0 Å². The fraction of sp³-hybridized carbons (Fsp3) is 0. The van der Waals surface area contributed by atoms with E-state index < -0.39 is 122 Å². The Kier molecular flexibility index (Phi) is 8.17. The molecule has 6 rings (SSSR count). The Morgan fingerprint density at radius 2 is 0.592 bits per heavy atom. The average molecular weight is 722 g/mol. The van der Waals surface area contributed by atoms with E-state index >= 15 is 43.9 Å². The van der Waals surface area contributed by atoms with Crippen LogP contribution in [-0.2, 0) is 0 Å². The summed E-state index contributed by atoms with van der Waals surface area (Å²) in [4.78, 5) is 0. The molecule has 0 aliphatic carbocycles. The van der Waals surface area contributed by atoms with E-state index in [4.69, 9.17) is 0 Å². The van der Waals surface area contributed by atoms with E-state index in [1.54, 1.807) is 0 Å². The van der Waals surface area contributed by atoms with Crippen LogP contribution in [0.1, 0.15) is 5.56 Å². The van der Waals surface area contributed by atoms with Gasteiger partial charge in [0.05, 0.1) is 10.6 Å². The van der Waals surface area contributed by atoms with Crippen LogP contribution in [0, 0.1) is 87.3 Å². The Balaban J connectivity index is 2.05. The first kappa shape index (κ1) is 34.2. The summed E-state index contributed by atoms with van der Waals surface area (Å²) in [5.74, 6) is -47.5. The molecule has 0 atom stereocenters. The van der Waals surface area contributed by atoms with Crippen LogP contribution in [0.2, 0.25) is 0 Å². The van der Waals surface area contributed by atoms with E-state index in [0.717, 1.165) is 24.3 Å². The Labute approximate surface area is 265 Å². The van der Waals surface area contributed by atoms with Gasteiger partial charge >= 0.3 is 0 Å². The predicted molar refractivity (Wildman–Crippen MR) is 151 cm³/mol. The van der Waals surface area contributed by atoms with Crippen molar-refractivity contribution in [2.24, 2.45) is 0 Å². The van der Waals surface area contributed by atoms with E-state index in [9.17, 15) is 22.0 Å². The minimum atomic E-state index is -5.27. The van der Waals surface area contributed by atoms with Crippen molar-refractivity contribution in [1.29, 1.82) is 0 Å². The molecule has 0 saturated heterocycles. The molecule has 0 spiro atoms. The molecule has 0 aromatic heterocycles. The van der Waals surface area contributed by atoms with E-state index in [1.165, 1.54) is 36.4 Å². The van der Waals surface area contributed by atoms with Crippen molar-refractivity contribution in [3.8, 4) is 0 Å². The number of hydrogen-bond acceptors (Lipinski definition) is 0. The van der Waals surface area contributed by atoms with E-state index in [1.807, 2.05) is 0 Å². The van der Waals surface area contributed by atoms with Gasteiger partial charge in [0.2, 0.25) is 5.82 Å². The third kappa shape index (κ3) is 4.28. The minimum absolute atomic E-state index is 0.373. The summed E-state index contributed by atoms with van der Waals surface area (Å²) in [5.41, 5.74) is -8.59. The molecule has 5 aromatic rings. The van der Waals surface area contributed by atoms with Crippen molar-refractivity contribution >= 4 is 40.0 Å². The van der Waals surface area contributed by atoms with Crippen LogP contribution in [0.4, 0.5) is 65.9 Å². The summed E-state index contributed by atoms with van der Waals surface area (Å²) in [6.45, 7) is 0. The standard InChI is InChI=1S/C32H11BF15P/c34-18-15(19(35)25(41)30(46)24(18)40)14-11-49(12-7-3-1-4-8-12,13-9-5-2-6-10-13)33(14,16-20(36)26(42)31(47)27(43)21(16)37)17-22(38)28(44)32(48)29(45)23(17)39/h1-11H. The Morgan fingerprint density at radius 1 is 0.327 bits per heavy atom. The number of halogens is 15. The lowest BCUT2D eigenvalue weighted by Crippen LogP contribution is -2.72. The second-order valence-electron chi connectivity index (χ2n) is 10.8. The largest absolute Gasteiger partial charge is 0.276 e. The van der Waals surface area contributed by atoms with Crippen molar-refractivity contribution in [2.45, 2.75) is 0 Å². The molecular weight excluding hydrogens is 711 g/mol. The van der Waals surface area contributed by atoms with Gasteiger partial charge in [0.25, 0.3) is 5.87 Å². The van der Waals surface area contributed by atoms with Crippen LogP contribution in [0.25, 0.3) is 5.47 Å². The highest BCUT2D eigenvalue weighted by Crippen LogP contribution is 2.77. The fourth-order valence-electron chi connectivity index (χ4n) is 6.64. The van der Waals surface area contributed by atoms with Gasteiger partial charge in [0, 0.05) is 5.56 Å². The van der Waals surface area contributed by atoms with Crippen molar-refractivity contribution in [2.75, 3.05) is 0 Å². The number of hydrogen-bond donors (Lipinski definition) is 0. The highest BCUT2D eigenvalue weighted by molar-refractivity contribution is 8.27. The molecule has 0 N–H and O–H groups in total. The normalized spacial score (nSPS) is 14.9. The summed E-state index contributed by atoms with van der Waals surface area (Å²) in [6.07, 6.45) is 0. The molecule has 1 heterocycles. The molecule has 1 aliphatic heterocycles. The molecule has 1 aliphatic rings. The van der Waals surface area contributed by atoms with Crippen LogP contribution in [0.3, 0.4) is 0 Å². The first-order valence-electron chi connectivity index (χ1n) is 13.5. The quantitative estimate of drug-likeness (QED) is 0.0566. The van der Waals surface area contributed by atoms with Gasteiger partial charge in [-0.2, -0.15) is 0 Å². The van der Waals surface area contributed by atoms with Crippen LogP contribution in [0.15, 0.2) is 66.5 Å². The molecule has 0 bridgehead atoms. The van der Waals surface area contributed by atoms with Gasteiger partial charge in [-0.25, -0.2) is 65.9 Å². The maximum Gasteiger partial charge on any atom is 0.276 e. The van der Waals surface area contributed by atoms with Crippen molar-refractivity contribution in [1.82, 2.24) is 0 Å². The zero-order valence-electron chi connectivity index (χ0n) is 23.5. The van der Waals surface area contributed by atoms with Gasteiger partial charge in [-0.05, 0) is 37.2 Å². The van der Waals surface area contributed by atoms with Gasteiger partial charge in [-0.15, -0.1) is 5.47 Å². The van der Waals surface area contributed by atoms with E-state index in [2.05, 4.69) is 0 Å². The van der Waals surface area contributed by atoms with Gasteiger partial charge in [-0.1, -0.05) is 47.3 Å². The maximum atomic E-state index is 16.2. The molecular formula is C32H11BF15P. The Bertz CT molecular complexity index is 2040.